The summed E-state index contributed by atoms with van der Waals surface area (Å²) >= 11 is 0. The third-order valence-corrected chi connectivity index (χ3v) is 3.13. The molecule has 0 radical (unpaired) electrons. The quantitative estimate of drug-likeness (QED) is 0.897. The van der Waals surface area contributed by atoms with Crippen molar-refractivity contribution in [3.63, 3.8) is 0 Å². The van der Waals surface area contributed by atoms with E-state index in [9.17, 15) is 4.79 Å². The van der Waals surface area contributed by atoms with Gasteiger partial charge in [-0.25, -0.2) is 0 Å². The van der Waals surface area contributed by atoms with Crippen LogP contribution in [0, 0.1) is 0 Å². The molecule has 0 saturated carbocycles. The van der Waals surface area contributed by atoms with Gasteiger partial charge in [-0.05, 0) is 23.6 Å². The number of carbonyl (C=O) groups is 1. The van der Waals surface area contributed by atoms with Crippen LogP contribution < -0.4 is 5.73 Å². The zero-order chi connectivity index (χ0) is 14.4. The fourth-order valence-electron chi connectivity index (χ4n) is 2.08. The van der Waals surface area contributed by atoms with E-state index < -0.39 is 6.04 Å². The van der Waals surface area contributed by atoms with E-state index in [2.05, 4.69) is 4.98 Å². The van der Waals surface area contributed by atoms with Gasteiger partial charge in [0.25, 0.3) is 0 Å². The molecule has 1 aromatic carbocycles. The fourth-order valence-corrected chi connectivity index (χ4v) is 2.08. The molecule has 1 heterocycles. The van der Waals surface area contributed by atoms with Crippen molar-refractivity contribution in [2.45, 2.75) is 19.0 Å². The van der Waals surface area contributed by atoms with Crippen LogP contribution in [0.4, 0.5) is 0 Å². The summed E-state index contributed by atoms with van der Waals surface area (Å²) in [5.41, 5.74) is 8.06. The smallest absolute Gasteiger partial charge is 0.239 e. The summed E-state index contributed by atoms with van der Waals surface area (Å²) in [4.78, 5) is 17.9. The van der Waals surface area contributed by atoms with Gasteiger partial charge < -0.3 is 10.6 Å². The van der Waals surface area contributed by atoms with Crippen molar-refractivity contribution >= 4 is 5.91 Å². The second-order valence-electron chi connectivity index (χ2n) is 4.85. The van der Waals surface area contributed by atoms with Gasteiger partial charge in [-0.3, -0.25) is 9.78 Å². The average molecular weight is 269 g/mol. The predicted molar refractivity (Wildman–Crippen MR) is 78.8 cm³/mol. The van der Waals surface area contributed by atoms with Crippen LogP contribution in [-0.2, 0) is 17.8 Å². The Labute approximate surface area is 119 Å². The molecule has 1 unspecified atom stereocenters. The normalized spacial score (nSPS) is 11.9. The Hall–Kier alpha value is -2.20. The van der Waals surface area contributed by atoms with Crippen LogP contribution in [0.2, 0.25) is 0 Å². The van der Waals surface area contributed by atoms with E-state index >= 15 is 0 Å². The van der Waals surface area contributed by atoms with E-state index in [1.54, 1.807) is 24.3 Å². The molecule has 0 fully saturated rings. The highest BCUT2D eigenvalue weighted by Crippen LogP contribution is 2.06. The second-order valence-corrected chi connectivity index (χ2v) is 4.85. The van der Waals surface area contributed by atoms with E-state index in [1.807, 2.05) is 42.5 Å². The number of nitrogens with zero attached hydrogens (tertiary/aromatic N) is 2. The molecule has 1 atom stereocenters. The number of rotatable bonds is 5. The van der Waals surface area contributed by atoms with Crippen molar-refractivity contribution in [1.82, 2.24) is 9.88 Å². The summed E-state index contributed by atoms with van der Waals surface area (Å²) in [6.45, 7) is 0.523. The van der Waals surface area contributed by atoms with E-state index in [0.717, 1.165) is 11.1 Å². The molecule has 0 aliphatic carbocycles. The van der Waals surface area contributed by atoms with E-state index in [-0.39, 0.29) is 5.91 Å². The lowest BCUT2D eigenvalue weighted by molar-refractivity contribution is -0.131. The molecule has 1 aromatic heterocycles. The molecule has 20 heavy (non-hydrogen) atoms. The van der Waals surface area contributed by atoms with Gasteiger partial charge in [-0.1, -0.05) is 36.4 Å². The van der Waals surface area contributed by atoms with Crippen LogP contribution in [0.3, 0.4) is 0 Å². The fraction of sp³-hybridized carbons (Fsp3) is 0.250. The largest absolute Gasteiger partial charge is 0.340 e. The second kappa shape index (κ2) is 6.82. The van der Waals surface area contributed by atoms with Crippen molar-refractivity contribution in [3.05, 3.63) is 66.0 Å². The molecule has 0 bridgehead atoms. The number of hydrogen-bond donors (Lipinski definition) is 1. The van der Waals surface area contributed by atoms with E-state index in [1.165, 1.54) is 0 Å². The van der Waals surface area contributed by atoms with Gasteiger partial charge in [-0.15, -0.1) is 0 Å². The molecule has 0 spiro atoms. The molecule has 0 saturated heterocycles. The number of carbonyl (C=O) groups excluding carboxylic acids is 1. The molecule has 0 aliphatic heterocycles. The molecular weight excluding hydrogens is 250 g/mol. The molecule has 1 amide bonds. The SMILES string of the molecule is CN(Cc1cccnc1)C(=O)C(N)Cc1ccccc1. The molecule has 2 N–H and O–H groups in total. The van der Waals surface area contributed by atoms with Gasteiger partial charge in [0.2, 0.25) is 5.91 Å². The molecule has 2 aromatic rings. The van der Waals surface area contributed by atoms with Crippen molar-refractivity contribution < 1.29 is 4.79 Å². The summed E-state index contributed by atoms with van der Waals surface area (Å²) < 4.78 is 0. The highest BCUT2D eigenvalue weighted by atomic mass is 16.2. The van der Waals surface area contributed by atoms with Gasteiger partial charge in [-0.2, -0.15) is 0 Å². The summed E-state index contributed by atoms with van der Waals surface area (Å²) in [5.74, 6) is -0.0577. The highest BCUT2D eigenvalue weighted by Gasteiger charge is 2.18. The third-order valence-electron chi connectivity index (χ3n) is 3.13. The third kappa shape index (κ3) is 3.90. The standard InChI is InChI=1S/C16H19N3O/c1-19(12-14-8-5-9-18-11-14)16(20)15(17)10-13-6-3-2-4-7-13/h2-9,11,15H,10,12,17H2,1H3. The number of benzene rings is 1. The molecular formula is C16H19N3O. The van der Waals surface area contributed by atoms with Crippen LogP contribution in [0.5, 0.6) is 0 Å². The minimum Gasteiger partial charge on any atom is -0.340 e. The maximum absolute atomic E-state index is 12.2. The lowest BCUT2D eigenvalue weighted by Gasteiger charge is -2.21. The summed E-state index contributed by atoms with van der Waals surface area (Å²) in [5, 5.41) is 0. The maximum atomic E-state index is 12.2. The Morgan fingerprint density at radius 3 is 2.55 bits per heavy atom. The number of amides is 1. The van der Waals surface area contributed by atoms with E-state index in [0.29, 0.717) is 13.0 Å². The number of nitrogens with two attached hydrogens (primary N) is 1. The van der Waals surface area contributed by atoms with Gasteiger partial charge in [0.1, 0.15) is 0 Å². The molecule has 0 aliphatic rings. The monoisotopic (exact) mass is 269 g/mol. The molecule has 4 nitrogen and oxygen atoms in total. The van der Waals surface area contributed by atoms with Crippen molar-refractivity contribution in [2.24, 2.45) is 5.73 Å². The zero-order valence-corrected chi connectivity index (χ0v) is 11.6. The van der Waals surface area contributed by atoms with Crippen LogP contribution in [0.15, 0.2) is 54.9 Å². The molecule has 4 heteroatoms. The van der Waals surface area contributed by atoms with Gasteiger partial charge in [0.05, 0.1) is 6.04 Å². The van der Waals surface area contributed by atoms with Gasteiger partial charge >= 0.3 is 0 Å². The van der Waals surface area contributed by atoms with Crippen LogP contribution >= 0.6 is 0 Å². The first-order valence-electron chi connectivity index (χ1n) is 6.60. The minimum atomic E-state index is -0.515. The highest BCUT2D eigenvalue weighted by molar-refractivity contribution is 5.81. The summed E-state index contributed by atoms with van der Waals surface area (Å²) in [6, 6.07) is 13.1. The zero-order valence-electron chi connectivity index (χ0n) is 11.6. The van der Waals surface area contributed by atoms with Crippen molar-refractivity contribution in [1.29, 1.82) is 0 Å². The first kappa shape index (κ1) is 14.2. The minimum absolute atomic E-state index is 0.0577. The first-order chi connectivity index (χ1) is 9.66. The van der Waals surface area contributed by atoms with Gasteiger partial charge in [0.15, 0.2) is 0 Å². The Kier molecular flexibility index (Phi) is 4.85. The summed E-state index contributed by atoms with van der Waals surface area (Å²) in [7, 11) is 1.76. The Bertz CT molecular complexity index is 493. The van der Waals surface area contributed by atoms with E-state index in [4.69, 9.17) is 5.73 Å². The number of aromatic nitrogens is 1. The lowest BCUT2D eigenvalue weighted by Crippen LogP contribution is -2.42. The Balaban J connectivity index is 1.93. The number of pyridine rings is 1. The lowest BCUT2D eigenvalue weighted by atomic mass is 10.1. The Morgan fingerprint density at radius 2 is 1.90 bits per heavy atom. The predicted octanol–water partition coefficient (Wildman–Crippen LogP) is 1.61. The molecule has 104 valence electrons. The van der Waals surface area contributed by atoms with Crippen molar-refractivity contribution in [2.75, 3.05) is 7.05 Å². The topological polar surface area (TPSA) is 59.2 Å². The maximum Gasteiger partial charge on any atom is 0.239 e. The average Bonchev–Trinajstić information content (AvgIpc) is 2.48. The molecule has 2 rings (SSSR count). The van der Waals surface area contributed by atoms with Crippen LogP contribution in [0.25, 0.3) is 0 Å². The summed E-state index contributed by atoms with van der Waals surface area (Å²) in [6.07, 6.45) is 4.02. The number of hydrogen-bond acceptors (Lipinski definition) is 3. The van der Waals surface area contributed by atoms with Crippen molar-refractivity contribution in [3.8, 4) is 0 Å². The first-order valence-corrected chi connectivity index (χ1v) is 6.60. The Morgan fingerprint density at radius 1 is 1.20 bits per heavy atom. The number of likely N-dealkylation sites (N-methyl/N-ethyl adjacent to an activating group) is 1. The van der Waals surface area contributed by atoms with Gasteiger partial charge in [0, 0.05) is 26.0 Å². The van der Waals surface area contributed by atoms with Crippen LogP contribution in [-0.4, -0.2) is 28.9 Å². The van der Waals surface area contributed by atoms with Crippen LogP contribution in [0.1, 0.15) is 11.1 Å².